The lowest BCUT2D eigenvalue weighted by Crippen LogP contribution is -2.33. The van der Waals surface area contributed by atoms with Crippen LogP contribution in [0.2, 0.25) is 0 Å². The molecule has 0 N–H and O–H groups in total. The summed E-state index contributed by atoms with van der Waals surface area (Å²) in [4.78, 5) is 20.6. The van der Waals surface area contributed by atoms with Crippen molar-refractivity contribution in [3.8, 4) is 0 Å². The highest BCUT2D eigenvalue weighted by Crippen LogP contribution is 2.25. The quantitative estimate of drug-likeness (QED) is 0.491. The van der Waals surface area contributed by atoms with Crippen LogP contribution in [0, 0.1) is 6.92 Å². The van der Waals surface area contributed by atoms with E-state index < -0.39 is 0 Å². The Morgan fingerprint density at radius 3 is 3.00 bits per heavy atom. The van der Waals surface area contributed by atoms with Gasteiger partial charge >= 0.3 is 5.97 Å². The summed E-state index contributed by atoms with van der Waals surface area (Å²) in [6.07, 6.45) is 5.46. The van der Waals surface area contributed by atoms with Gasteiger partial charge in [-0.25, -0.2) is 9.78 Å². The van der Waals surface area contributed by atoms with Crippen molar-refractivity contribution in [2.24, 2.45) is 0 Å². The Hall–Kier alpha value is -2.71. The van der Waals surface area contributed by atoms with Crippen LogP contribution in [-0.2, 0) is 30.7 Å². The zero-order valence-corrected chi connectivity index (χ0v) is 19.1. The summed E-state index contributed by atoms with van der Waals surface area (Å²) in [5.74, 6) is 0.518. The average Bonchev–Trinajstić information content (AvgIpc) is 3.47. The average molecular weight is 441 g/mol. The molecule has 0 radical (unpaired) electrons. The van der Waals surface area contributed by atoms with Crippen LogP contribution in [-0.4, -0.2) is 45.3 Å². The molecule has 4 heterocycles. The molecule has 7 nitrogen and oxygen atoms in total. The Morgan fingerprint density at radius 1 is 1.42 bits per heavy atom. The minimum Gasteiger partial charge on any atom is -0.465 e. The van der Waals surface area contributed by atoms with E-state index in [2.05, 4.69) is 28.0 Å². The maximum absolute atomic E-state index is 12.6. The van der Waals surface area contributed by atoms with Gasteiger partial charge in [0.05, 0.1) is 24.1 Å². The molecule has 3 aromatic heterocycles. The van der Waals surface area contributed by atoms with Gasteiger partial charge in [0.2, 0.25) is 0 Å². The number of carbonyl (C=O) groups excluding carboxylic acids is 1. The predicted octanol–water partition coefficient (Wildman–Crippen LogP) is 4.12. The topological polar surface area (TPSA) is 73.4 Å². The van der Waals surface area contributed by atoms with Gasteiger partial charge in [-0.05, 0) is 39.0 Å². The molecule has 4 rings (SSSR count). The van der Waals surface area contributed by atoms with Crippen LogP contribution in [0.1, 0.15) is 51.9 Å². The van der Waals surface area contributed by atoms with E-state index in [0.29, 0.717) is 18.8 Å². The largest absolute Gasteiger partial charge is 0.465 e. The van der Waals surface area contributed by atoms with Gasteiger partial charge in [-0.1, -0.05) is 5.57 Å². The van der Waals surface area contributed by atoms with Gasteiger partial charge in [0.1, 0.15) is 5.76 Å². The van der Waals surface area contributed by atoms with Crippen LogP contribution in [0.3, 0.4) is 0 Å². The highest BCUT2D eigenvalue weighted by atomic mass is 32.1. The number of furan rings is 1. The van der Waals surface area contributed by atoms with Crippen LogP contribution in [0.15, 0.2) is 33.9 Å². The fraction of sp³-hybridized carbons (Fsp3) is 0.435. The molecule has 3 aromatic rings. The number of ether oxygens (including phenoxy) is 1. The van der Waals surface area contributed by atoms with Crippen LogP contribution >= 0.6 is 11.3 Å². The van der Waals surface area contributed by atoms with Crippen LogP contribution in [0.25, 0.3) is 6.08 Å². The second kappa shape index (κ2) is 9.62. The molecule has 0 saturated heterocycles. The lowest BCUT2D eigenvalue weighted by molar-refractivity contribution is 0.0516. The SMILES string of the molecule is CCOC(=O)c1nn(CCc2scnc2C)c2c1CN(CC(C)=Cc1ccco1)CC2. The third-order valence-corrected chi connectivity index (χ3v) is 6.48. The predicted molar refractivity (Wildman–Crippen MR) is 120 cm³/mol. The summed E-state index contributed by atoms with van der Waals surface area (Å²) >= 11 is 1.67. The summed E-state index contributed by atoms with van der Waals surface area (Å²) in [5.41, 5.74) is 6.76. The number of rotatable bonds is 8. The van der Waals surface area contributed by atoms with E-state index in [-0.39, 0.29) is 5.97 Å². The molecule has 0 aromatic carbocycles. The summed E-state index contributed by atoms with van der Waals surface area (Å²) < 4.78 is 12.7. The first-order valence-corrected chi connectivity index (χ1v) is 11.5. The fourth-order valence-corrected chi connectivity index (χ4v) is 4.79. The minimum atomic E-state index is -0.337. The fourth-order valence-electron chi connectivity index (χ4n) is 4.02. The first-order valence-electron chi connectivity index (χ1n) is 10.6. The molecule has 0 bridgehead atoms. The molecule has 164 valence electrons. The van der Waals surface area contributed by atoms with Crippen molar-refractivity contribution in [3.05, 3.63) is 62.8 Å². The molecule has 0 aliphatic carbocycles. The molecule has 0 amide bonds. The van der Waals surface area contributed by atoms with E-state index in [4.69, 9.17) is 9.15 Å². The van der Waals surface area contributed by atoms with Crippen molar-refractivity contribution in [2.75, 3.05) is 19.7 Å². The highest BCUT2D eigenvalue weighted by molar-refractivity contribution is 7.09. The van der Waals surface area contributed by atoms with Gasteiger partial charge in [0.15, 0.2) is 5.69 Å². The van der Waals surface area contributed by atoms with E-state index in [1.54, 1.807) is 17.6 Å². The van der Waals surface area contributed by atoms with Gasteiger partial charge in [-0.3, -0.25) is 9.58 Å². The molecule has 8 heteroatoms. The van der Waals surface area contributed by atoms with Crippen molar-refractivity contribution >= 4 is 23.4 Å². The number of esters is 1. The number of fused-ring (bicyclic) bond motifs is 1. The summed E-state index contributed by atoms with van der Waals surface area (Å²) in [6, 6.07) is 3.84. The molecule has 0 unspecified atom stereocenters. The van der Waals surface area contributed by atoms with E-state index in [1.807, 2.05) is 36.2 Å². The number of carbonyl (C=O) groups is 1. The molecular formula is C23H28N4O3S. The third-order valence-electron chi connectivity index (χ3n) is 5.48. The van der Waals surface area contributed by atoms with Crippen molar-refractivity contribution in [2.45, 2.75) is 46.7 Å². The normalized spacial score (nSPS) is 14.6. The molecule has 1 aliphatic heterocycles. The second-order valence-electron chi connectivity index (χ2n) is 7.80. The first-order chi connectivity index (χ1) is 15.0. The number of hydrogen-bond acceptors (Lipinski definition) is 7. The monoisotopic (exact) mass is 440 g/mol. The smallest absolute Gasteiger partial charge is 0.359 e. The van der Waals surface area contributed by atoms with E-state index >= 15 is 0 Å². The molecular weight excluding hydrogens is 412 g/mol. The van der Waals surface area contributed by atoms with Gasteiger partial charge in [-0.15, -0.1) is 11.3 Å². The number of aryl methyl sites for hydroxylation is 3. The zero-order valence-electron chi connectivity index (χ0n) is 18.3. The van der Waals surface area contributed by atoms with E-state index in [1.165, 1.54) is 10.5 Å². The van der Waals surface area contributed by atoms with Crippen molar-refractivity contribution in [1.82, 2.24) is 19.7 Å². The van der Waals surface area contributed by atoms with Crippen molar-refractivity contribution < 1.29 is 13.9 Å². The minimum absolute atomic E-state index is 0.337. The maximum atomic E-state index is 12.6. The lowest BCUT2D eigenvalue weighted by Gasteiger charge is -2.28. The molecule has 1 aliphatic rings. The zero-order chi connectivity index (χ0) is 21.8. The van der Waals surface area contributed by atoms with Gasteiger partial charge in [0, 0.05) is 55.2 Å². The Kier molecular flexibility index (Phi) is 6.67. The molecule has 0 saturated carbocycles. The lowest BCUT2D eigenvalue weighted by atomic mass is 10.0. The standard InChI is InChI=1S/C23H28N4O3S/c1-4-29-23(28)22-19-14-26(13-16(2)12-18-6-5-11-30-18)9-7-20(19)27(25-22)10-8-21-17(3)24-15-31-21/h5-6,11-12,15H,4,7-10,13-14H2,1-3H3. The van der Waals surface area contributed by atoms with Gasteiger partial charge in [0.25, 0.3) is 0 Å². The summed E-state index contributed by atoms with van der Waals surface area (Å²) in [6.45, 7) is 9.46. The van der Waals surface area contributed by atoms with E-state index in [0.717, 1.165) is 55.2 Å². The highest BCUT2D eigenvalue weighted by Gasteiger charge is 2.29. The Balaban J connectivity index is 1.53. The van der Waals surface area contributed by atoms with E-state index in [9.17, 15) is 4.79 Å². The van der Waals surface area contributed by atoms with Crippen molar-refractivity contribution in [1.29, 1.82) is 0 Å². The van der Waals surface area contributed by atoms with Crippen LogP contribution < -0.4 is 0 Å². The van der Waals surface area contributed by atoms with Gasteiger partial charge in [-0.2, -0.15) is 5.10 Å². The van der Waals surface area contributed by atoms with Crippen LogP contribution in [0.4, 0.5) is 0 Å². The number of aromatic nitrogens is 3. The van der Waals surface area contributed by atoms with Gasteiger partial charge < -0.3 is 9.15 Å². The van der Waals surface area contributed by atoms with Crippen molar-refractivity contribution in [3.63, 3.8) is 0 Å². The number of nitrogens with zero attached hydrogens (tertiary/aromatic N) is 4. The molecule has 0 spiro atoms. The summed E-state index contributed by atoms with van der Waals surface area (Å²) in [7, 11) is 0. The Morgan fingerprint density at radius 2 is 2.29 bits per heavy atom. The number of thiazole rings is 1. The van der Waals surface area contributed by atoms with Crippen LogP contribution in [0.5, 0.6) is 0 Å². The third kappa shape index (κ3) is 4.97. The maximum Gasteiger partial charge on any atom is 0.359 e. The molecule has 0 fully saturated rings. The molecule has 31 heavy (non-hydrogen) atoms. The Bertz CT molecular complexity index is 1060. The molecule has 0 atom stereocenters. The summed E-state index contributed by atoms with van der Waals surface area (Å²) in [5, 5.41) is 4.68. The second-order valence-corrected chi connectivity index (χ2v) is 8.73. The first kappa shape index (κ1) is 21.5. The number of hydrogen-bond donors (Lipinski definition) is 0. The Labute approximate surface area is 186 Å².